The van der Waals surface area contributed by atoms with Crippen molar-refractivity contribution in [3.05, 3.63) is 66.2 Å². The van der Waals surface area contributed by atoms with Crippen molar-refractivity contribution in [1.29, 1.82) is 0 Å². The van der Waals surface area contributed by atoms with Gasteiger partial charge >= 0.3 is 7.12 Å². The van der Waals surface area contributed by atoms with Crippen molar-refractivity contribution in [2.75, 3.05) is 0 Å². The van der Waals surface area contributed by atoms with Crippen LogP contribution in [0.1, 0.15) is 39.2 Å². The Kier molecular flexibility index (Phi) is 5.42. The zero-order valence-electron chi connectivity index (χ0n) is 14.9. The predicted molar refractivity (Wildman–Crippen MR) is 100 cm³/mol. The summed E-state index contributed by atoms with van der Waals surface area (Å²) in [6, 6.07) is 21.0. The van der Waals surface area contributed by atoms with Crippen molar-refractivity contribution in [2.45, 2.75) is 51.7 Å². The Morgan fingerprint density at radius 1 is 0.958 bits per heavy atom. The average Bonchev–Trinajstić information content (AvgIpc) is 2.65. The molecule has 0 aliphatic carbocycles. The molecule has 2 aromatic rings. The van der Waals surface area contributed by atoms with Gasteiger partial charge in [0.25, 0.3) is 0 Å². The largest absolute Gasteiger partial charge is 0.494 e. The van der Waals surface area contributed by atoms with Crippen LogP contribution in [0, 0.1) is 5.92 Å². The lowest BCUT2D eigenvalue weighted by Crippen LogP contribution is -2.60. The fourth-order valence-electron chi connectivity index (χ4n) is 3.84. The molecule has 2 nitrogen and oxygen atoms in total. The molecule has 0 radical (unpaired) electrons. The van der Waals surface area contributed by atoms with Gasteiger partial charge in [-0.1, -0.05) is 81.4 Å². The highest BCUT2D eigenvalue weighted by atomic mass is 16.6. The maximum atomic E-state index is 6.64. The second-order valence-corrected chi connectivity index (χ2v) is 6.81. The molecule has 0 aromatic heterocycles. The molecule has 3 rings (SSSR count). The smallest absolute Gasteiger partial charge is 0.404 e. The summed E-state index contributed by atoms with van der Waals surface area (Å²) >= 11 is 0. The van der Waals surface area contributed by atoms with E-state index in [1.54, 1.807) is 0 Å². The SMILES string of the molecule is CC[C@@H]1OB(c2ccccc2)O[C@@](CC)(Cc2ccccc2)[C@@H]1C. The lowest BCUT2D eigenvalue weighted by Gasteiger charge is -2.49. The van der Waals surface area contributed by atoms with E-state index in [2.05, 4.69) is 63.2 Å². The molecule has 0 amide bonds. The minimum Gasteiger partial charge on any atom is -0.404 e. The van der Waals surface area contributed by atoms with Crippen molar-refractivity contribution < 1.29 is 9.31 Å². The van der Waals surface area contributed by atoms with Crippen LogP contribution in [0.25, 0.3) is 0 Å². The summed E-state index contributed by atoms with van der Waals surface area (Å²) in [4.78, 5) is 0. The van der Waals surface area contributed by atoms with Crippen LogP contribution in [0.3, 0.4) is 0 Å². The van der Waals surface area contributed by atoms with Crippen molar-refractivity contribution in [3.8, 4) is 0 Å². The van der Waals surface area contributed by atoms with Gasteiger partial charge in [0, 0.05) is 18.4 Å². The van der Waals surface area contributed by atoms with Gasteiger partial charge in [0.05, 0.1) is 5.60 Å². The lowest BCUT2D eigenvalue weighted by atomic mass is 9.68. The molecule has 1 saturated heterocycles. The average molecular weight is 322 g/mol. The van der Waals surface area contributed by atoms with Crippen LogP contribution < -0.4 is 5.46 Å². The number of rotatable bonds is 5. The van der Waals surface area contributed by atoms with Crippen LogP contribution in [0.15, 0.2) is 60.7 Å². The second kappa shape index (κ2) is 7.54. The van der Waals surface area contributed by atoms with E-state index < -0.39 is 0 Å². The van der Waals surface area contributed by atoms with Crippen LogP contribution in [0.4, 0.5) is 0 Å². The Bertz CT molecular complexity index is 631. The van der Waals surface area contributed by atoms with E-state index in [1.165, 1.54) is 5.56 Å². The Morgan fingerprint density at radius 2 is 1.58 bits per heavy atom. The first-order chi connectivity index (χ1) is 11.7. The minimum atomic E-state index is -0.281. The van der Waals surface area contributed by atoms with Gasteiger partial charge in [0.15, 0.2) is 0 Å². The van der Waals surface area contributed by atoms with Gasteiger partial charge in [0.1, 0.15) is 0 Å². The van der Waals surface area contributed by atoms with E-state index in [0.29, 0.717) is 5.92 Å². The van der Waals surface area contributed by atoms with Crippen molar-refractivity contribution in [3.63, 3.8) is 0 Å². The molecule has 0 unspecified atom stereocenters. The molecule has 1 heterocycles. The van der Waals surface area contributed by atoms with Gasteiger partial charge in [-0.05, 0) is 23.9 Å². The minimum absolute atomic E-state index is 0.194. The van der Waals surface area contributed by atoms with E-state index in [9.17, 15) is 0 Å². The highest BCUT2D eigenvalue weighted by Crippen LogP contribution is 2.39. The molecule has 1 aliphatic heterocycles. The van der Waals surface area contributed by atoms with Crippen molar-refractivity contribution in [1.82, 2.24) is 0 Å². The molecule has 3 heteroatoms. The van der Waals surface area contributed by atoms with Gasteiger partial charge in [-0.25, -0.2) is 0 Å². The predicted octanol–water partition coefficient (Wildman–Crippen LogP) is 4.23. The van der Waals surface area contributed by atoms with Crippen molar-refractivity contribution in [2.24, 2.45) is 5.92 Å². The molecule has 1 fully saturated rings. The van der Waals surface area contributed by atoms with Gasteiger partial charge in [-0.15, -0.1) is 0 Å². The molecule has 2 aromatic carbocycles. The number of hydrogen-bond acceptors (Lipinski definition) is 2. The van der Waals surface area contributed by atoms with Gasteiger partial charge in [-0.2, -0.15) is 0 Å². The molecule has 1 aliphatic rings. The molecule has 0 bridgehead atoms. The second-order valence-electron chi connectivity index (χ2n) is 6.81. The van der Waals surface area contributed by atoms with Gasteiger partial charge < -0.3 is 9.31 Å². The highest BCUT2D eigenvalue weighted by molar-refractivity contribution is 6.61. The summed E-state index contributed by atoms with van der Waals surface area (Å²) < 4.78 is 12.9. The maximum Gasteiger partial charge on any atom is 0.494 e. The molecule has 126 valence electrons. The standard InChI is InChI=1S/C21H27BO2/c1-4-20-17(3)21(5-2,16-18-12-8-6-9-13-18)24-22(23-20)19-14-10-7-11-15-19/h6-15,17,20H,4-5,16H2,1-3H3/t17-,20+,21+/m1/s1. The van der Waals surface area contributed by atoms with E-state index in [-0.39, 0.29) is 18.8 Å². The Hall–Kier alpha value is -1.58. The van der Waals surface area contributed by atoms with Crippen LogP contribution in [0.2, 0.25) is 0 Å². The molecule has 0 saturated carbocycles. The van der Waals surface area contributed by atoms with Gasteiger partial charge in [0.2, 0.25) is 0 Å². The van der Waals surface area contributed by atoms with Crippen LogP contribution in [-0.4, -0.2) is 18.8 Å². The third-order valence-corrected chi connectivity index (χ3v) is 5.45. The number of benzene rings is 2. The maximum absolute atomic E-state index is 6.64. The molecule has 0 spiro atoms. The Morgan fingerprint density at radius 3 is 2.17 bits per heavy atom. The Labute approximate surface area is 146 Å². The fraction of sp³-hybridized carbons (Fsp3) is 0.429. The normalized spacial score (nSPS) is 27.2. The summed E-state index contributed by atoms with van der Waals surface area (Å²) in [7, 11) is -0.281. The fourth-order valence-corrected chi connectivity index (χ4v) is 3.84. The summed E-state index contributed by atoms with van der Waals surface area (Å²) in [6.45, 7) is 6.72. The molecule has 3 atom stereocenters. The van der Waals surface area contributed by atoms with Gasteiger partial charge in [-0.3, -0.25) is 0 Å². The third-order valence-electron chi connectivity index (χ3n) is 5.45. The summed E-state index contributed by atoms with van der Waals surface area (Å²) in [5, 5.41) is 0. The van der Waals surface area contributed by atoms with E-state index >= 15 is 0 Å². The van der Waals surface area contributed by atoms with Crippen LogP contribution >= 0.6 is 0 Å². The first-order valence-corrected chi connectivity index (χ1v) is 9.10. The van der Waals surface area contributed by atoms with Crippen LogP contribution in [-0.2, 0) is 15.7 Å². The zero-order valence-corrected chi connectivity index (χ0v) is 14.9. The van der Waals surface area contributed by atoms with E-state index in [4.69, 9.17) is 9.31 Å². The monoisotopic (exact) mass is 322 g/mol. The third kappa shape index (κ3) is 3.43. The van der Waals surface area contributed by atoms with E-state index in [1.807, 2.05) is 18.2 Å². The lowest BCUT2D eigenvalue weighted by molar-refractivity contribution is -0.103. The molecular weight excluding hydrogens is 295 g/mol. The molecule has 0 N–H and O–H groups in total. The molecular formula is C21H27BO2. The van der Waals surface area contributed by atoms with Crippen LogP contribution in [0.5, 0.6) is 0 Å². The number of hydrogen-bond donors (Lipinski definition) is 0. The molecule has 24 heavy (non-hydrogen) atoms. The highest BCUT2D eigenvalue weighted by Gasteiger charge is 2.48. The Balaban J connectivity index is 1.92. The first-order valence-electron chi connectivity index (χ1n) is 9.10. The zero-order chi connectivity index (χ0) is 17.0. The summed E-state index contributed by atoms with van der Waals surface area (Å²) in [5.74, 6) is 0.354. The van der Waals surface area contributed by atoms with Crippen molar-refractivity contribution >= 4 is 12.6 Å². The first kappa shape index (κ1) is 17.3. The van der Waals surface area contributed by atoms with E-state index in [0.717, 1.165) is 24.7 Å². The topological polar surface area (TPSA) is 18.5 Å². The summed E-state index contributed by atoms with van der Waals surface area (Å²) in [6.07, 6.45) is 3.12. The summed E-state index contributed by atoms with van der Waals surface area (Å²) in [5.41, 5.74) is 2.24. The quantitative estimate of drug-likeness (QED) is 0.767.